The van der Waals surface area contributed by atoms with E-state index in [1.165, 1.54) is 4.31 Å². The maximum absolute atomic E-state index is 12.8. The monoisotopic (exact) mass is 300 g/mol. The molecule has 20 heavy (non-hydrogen) atoms. The molecule has 114 valence electrons. The fourth-order valence-corrected chi connectivity index (χ4v) is 4.28. The Bertz CT molecular complexity index is 513. The number of nitrogens with zero attached hydrogens (tertiary/aromatic N) is 1. The van der Waals surface area contributed by atoms with Gasteiger partial charge in [-0.05, 0) is 25.0 Å². The van der Waals surface area contributed by atoms with E-state index in [9.17, 15) is 13.5 Å². The molecule has 0 unspecified atom stereocenters. The molecule has 1 aromatic rings. The molecule has 0 heterocycles. The molecule has 0 fully saturated rings. The van der Waals surface area contributed by atoms with Crippen LogP contribution in [0.3, 0.4) is 0 Å². The molecule has 0 atom stereocenters. The van der Waals surface area contributed by atoms with Gasteiger partial charge in [-0.1, -0.05) is 26.0 Å². The lowest BCUT2D eigenvalue weighted by Gasteiger charge is -2.29. The lowest BCUT2D eigenvalue weighted by Crippen LogP contribution is -2.41. The summed E-state index contributed by atoms with van der Waals surface area (Å²) in [6.45, 7) is 3.85. The van der Waals surface area contributed by atoms with Crippen molar-refractivity contribution in [2.45, 2.75) is 37.6 Å². The van der Waals surface area contributed by atoms with Crippen molar-refractivity contribution in [3.63, 3.8) is 0 Å². The predicted octanol–water partition coefficient (Wildman–Crippen LogP) is 1.90. The molecule has 0 aliphatic carbocycles. The van der Waals surface area contributed by atoms with Gasteiger partial charge in [0.1, 0.15) is 4.90 Å². The molecule has 0 aromatic heterocycles. The largest absolute Gasteiger partial charge is 0.395 e. The SMILES string of the molecule is CCC(CC)N(CCO)S(=O)(=O)c1ccccc1NC. The first-order valence-electron chi connectivity index (χ1n) is 6.92. The lowest BCUT2D eigenvalue weighted by atomic mass is 10.2. The molecule has 2 N–H and O–H groups in total. The van der Waals surface area contributed by atoms with Gasteiger partial charge in [-0.3, -0.25) is 0 Å². The number of sulfonamides is 1. The number of nitrogens with one attached hydrogen (secondary N) is 1. The van der Waals surface area contributed by atoms with Gasteiger partial charge in [-0.15, -0.1) is 0 Å². The zero-order valence-electron chi connectivity index (χ0n) is 12.3. The van der Waals surface area contributed by atoms with E-state index in [1.807, 2.05) is 13.8 Å². The summed E-state index contributed by atoms with van der Waals surface area (Å²) >= 11 is 0. The number of hydrogen-bond donors (Lipinski definition) is 2. The molecule has 1 aromatic carbocycles. The van der Waals surface area contributed by atoms with Crippen LogP contribution in [0.2, 0.25) is 0 Å². The minimum absolute atomic E-state index is 0.0999. The van der Waals surface area contributed by atoms with Crippen molar-refractivity contribution in [2.24, 2.45) is 0 Å². The molecule has 0 aliphatic rings. The van der Waals surface area contributed by atoms with E-state index in [-0.39, 0.29) is 24.1 Å². The number of benzene rings is 1. The Morgan fingerprint density at radius 1 is 1.25 bits per heavy atom. The number of aliphatic hydroxyl groups is 1. The fraction of sp³-hybridized carbons (Fsp3) is 0.571. The Hall–Kier alpha value is -1.11. The second-order valence-corrected chi connectivity index (χ2v) is 6.41. The van der Waals surface area contributed by atoms with E-state index in [0.717, 1.165) is 12.8 Å². The first-order valence-corrected chi connectivity index (χ1v) is 8.36. The highest BCUT2D eigenvalue weighted by atomic mass is 32.2. The van der Waals surface area contributed by atoms with Crippen molar-refractivity contribution in [3.8, 4) is 0 Å². The number of para-hydroxylation sites is 1. The van der Waals surface area contributed by atoms with Crippen LogP contribution in [0.15, 0.2) is 29.2 Å². The molecular weight excluding hydrogens is 276 g/mol. The molecule has 0 saturated heterocycles. The van der Waals surface area contributed by atoms with Crippen molar-refractivity contribution in [1.29, 1.82) is 0 Å². The van der Waals surface area contributed by atoms with E-state index in [2.05, 4.69) is 5.32 Å². The lowest BCUT2D eigenvalue weighted by molar-refractivity contribution is 0.219. The third-order valence-electron chi connectivity index (χ3n) is 3.41. The van der Waals surface area contributed by atoms with Gasteiger partial charge in [0.2, 0.25) is 10.0 Å². The molecule has 6 heteroatoms. The van der Waals surface area contributed by atoms with Crippen LogP contribution in [0, 0.1) is 0 Å². The zero-order valence-corrected chi connectivity index (χ0v) is 13.2. The van der Waals surface area contributed by atoms with Crippen molar-refractivity contribution in [1.82, 2.24) is 4.31 Å². The van der Waals surface area contributed by atoms with E-state index in [0.29, 0.717) is 5.69 Å². The molecule has 0 spiro atoms. The van der Waals surface area contributed by atoms with Gasteiger partial charge in [0.05, 0.1) is 12.3 Å². The number of rotatable bonds is 8. The first-order chi connectivity index (χ1) is 9.52. The summed E-state index contributed by atoms with van der Waals surface area (Å²) in [7, 11) is -1.92. The van der Waals surface area contributed by atoms with Crippen LogP contribution in [0.4, 0.5) is 5.69 Å². The molecule has 0 radical (unpaired) electrons. The molecule has 1 rings (SSSR count). The van der Waals surface area contributed by atoms with Gasteiger partial charge in [0, 0.05) is 19.6 Å². The molecule has 0 amide bonds. The van der Waals surface area contributed by atoms with Crippen LogP contribution >= 0.6 is 0 Å². The predicted molar refractivity (Wildman–Crippen MR) is 81.3 cm³/mol. The van der Waals surface area contributed by atoms with Crippen LogP contribution in [-0.4, -0.2) is 44.1 Å². The topological polar surface area (TPSA) is 69.6 Å². The third-order valence-corrected chi connectivity index (χ3v) is 5.42. The third kappa shape index (κ3) is 3.50. The van der Waals surface area contributed by atoms with Crippen molar-refractivity contribution in [2.75, 3.05) is 25.5 Å². The quantitative estimate of drug-likeness (QED) is 0.769. The highest BCUT2D eigenvalue weighted by Crippen LogP contribution is 2.26. The van der Waals surface area contributed by atoms with Crippen LogP contribution in [0.25, 0.3) is 0 Å². The Kier molecular flexibility index (Phi) is 6.45. The molecule has 5 nitrogen and oxygen atoms in total. The number of anilines is 1. The molecule has 0 bridgehead atoms. The number of aliphatic hydroxyl groups excluding tert-OH is 1. The summed E-state index contributed by atoms with van der Waals surface area (Å²) in [6.07, 6.45) is 1.44. The highest BCUT2D eigenvalue weighted by molar-refractivity contribution is 7.89. The second kappa shape index (κ2) is 7.61. The average molecular weight is 300 g/mol. The summed E-state index contributed by atoms with van der Waals surface area (Å²) in [5, 5.41) is 12.1. The summed E-state index contributed by atoms with van der Waals surface area (Å²) in [6, 6.07) is 6.72. The number of hydrogen-bond acceptors (Lipinski definition) is 4. The fourth-order valence-electron chi connectivity index (χ4n) is 2.32. The second-order valence-electron chi connectivity index (χ2n) is 4.56. The van der Waals surface area contributed by atoms with Gasteiger partial charge in [0.25, 0.3) is 0 Å². The minimum Gasteiger partial charge on any atom is -0.395 e. The van der Waals surface area contributed by atoms with E-state index in [4.69, 9.17) is 0 Å². The van der Waals surface area contributed by atoms with Crippen LogP contribution in [0.5, 0.6) is 0 Å². The maximum Gasteiger partial charge on any atom is 0.245 e. The maximum atomic E-state index is 12.8. The Labute approximate surface area is 121 Å². The van der Waals surface area contributed by atoms with E-state index >= 15 is 0 Å². The first kappa shape index (κ1) is 16.9. The average Bonchev–Trinajstić information content (AvgIpc) is 2.47. The van der Waals surface area contributed by atoms with Crippen LogP contribution in [0.1, 0.15) is 26.7 Å². The van der Waals surface area contributed by atoms with E-state index < -0.39 is 10.0 Å². The van der Waals surface area contributed by atoms with Crippen LogP contribution in [-0.2, 0) is 10.0 Å². The van der Waals surface area contributed by atoms with Gasteiger partial charge < -0.3 is 10.4 Å². The summed E-state index contributed by atoms with van der Waals surface area (Å²) in [5.74, 6) is 0. The van der Waals surface area contributed by atoms with Gasteiger partial charge in [-0.2, -0.15) is 4.31 Å². The normalized spacial score (nSPS) is 12.1. The van der Waals surface area contributed by atoms with Gasteiger partial charge in [0.15, 0.2) is 0 Å². The summed E-state index contributed by atoms with van der Waals surface area (Å²) < 4.78 is 27.1. The summed E-state index contributed by atoms with van der Waals surface area (Å²) in [4.78, 5) is 0.253. The molecular formula is C14H24N2O3S. The zero-order chi connectivity index (χ0) is 15.2. The minimum atomic E-state index is -3.62. The summed E-state index contributed by atoms with van der Waals surface area (Å²) in [5.41, 5.74) is 0.571. The van der Waals surface area contributed by atoms with Gasteiger partial charge >= 0.3 is 0 Å². The van der Waals surface area contributed by atoms with Crippen molar-refractivity contribution in [3.05, 3.63) is 24.3 Å². The standard InChI is InChI=1S/C14H24N2O3S/c1-4-12(5-2)16(10-11-17)20(18,19)14-9-7-6-8-13(14)15-3/h6-9,12,15,17H,4-5,10-11H2,1-3H3. The molecule has 0 saturated carbocycles. The Balaban J connectivity index is 3.29. The van der Waals surface area contributed by atoms with Gasteiger partial charge in [-0.25, -0.2) is 8.42 Å². The Morgan fingerprint density at radius 3 is 2.35 bits per heavy atom. The van der Waals surface area contributed by atoms with Crippen molar-refractivity contribution >= 4 is 15.7 Å². The molecule has 0 aliphatic heterocycles. The Morgan fingerprint density at radius 2 is 1.85 bits per heavy atom. The van der Waals surface area contributed by atoms with Crippen LogP contribution < -0.4 is 5.32 Å². The smallest absolute Gasteiger partial charge is 0.245 e. The van der Waals surface area contributed by atoms with E-state index in [1.54, 1.807) is 31.3 Å². The highest BCUT2D eigenvalue weighted by Gasteiger charge is 2.30. The van der Waals surface area contributed by atoms with Crippen molar-refractivity contribution < 1.29 is 13.5 Å².